The normalized spacial score (nSPS) is 11.7. The lowest BCUT2D eigenvalue weighted by molar-refractivity contribution is 0.792. The van der Waals surface area contributed by atoms with E-state index in [1.807, 2.05) is 0 Å². The number of aryl methyl sites for hydroxylation is 2. The van der Waals surface area contributed by atoms with Crippen LogP contribution in [-0.2, 0) is 6.42 Å². The van der Waals surface area contributed by atoms with Gasteiger partial charge in [0.1, 0.15) is 0 Å². The summed E-state index contributed by atoms with van der Waals surface area (Å²) in [4.78, 5) is 5.92. The Labute approximate surface area is 135 Å². The van der Waals surface area contributed by atoms with Crippen molar-refractivity contribution >= 4 is 16.3 Å². The average Bonchev–Trinajstić information content (AvgIpc) is 3.00. The van der Waals surface area contributed by atoms with Gasteiger partial charge in [-0.25, -0.2) is 4.98 Å². The van der Waals surface area contributed by atoms with Gasteiger partial charge in [-0.3, -0.25) is 4.40 Å². The predicted molar refractivity (Wildman–Crippen MR) is 94.8 cm³/mol. The van der Waals surface area contributed by atoms with E-state index in [0.717, 1.165) is 11.4 Å². The largest absolute Gasteiger partial charge is 0.330 e. The zero-order valence-electron chi connectivity index (χ0n) is 13.7. The van der Waals surface area contributed by atoms with E-state index in [-0.39, 0.29) is 0 Å². The van der Waals surface area contributed by atoms with E-state index in [2.05, 4.69) is 55.7 Å². The molecule has 0 aliphatic rings. The Hall–Kier alpha value is -1.65. The number of rotatable bonds is 4. The minimum Gasteiger partial charge on any atom is -0.330 e. The molecule has 116 valence electrons. The first-order valence-electron chi connectivity index (χ1n) is 7.79. The zero-order valence-corrected chi connectivity index (χ0v) is 14.5. The Balaban J connectivity index is 2.26. The number of hydrogen-bond acceptors (Lipinski definition) is 3. The van der Waals surface area contributed by atoms with Crippen LogP contribution < -0.4 is 5.73 Å². The first-order valence-corrected chi connectivity index (χ1v) is 8.67. The zero-order chi connectivity index (χ0) is 15.9. The van der Waals surface area contributed by atoms with Gasteiger partial charge in [-0.15, -0.1) is 11.3 Å². The lowest BCUT2D eigenvalue weighted by Gasteiger charge is -2.10. The molecule has 0 aliphatic heterocycles. The van der Waals surface area contributed by atoms with Gasteiger partial charge in [0.15, 0.2) is 4.96 Å². The highest BCUT2D eigenvalue weighted by molar-refractivity contribution is 7.15. The van der Waals surface area contributed by atoms with Crippen LogP contribution in [0.4, 0.5) is 0 Å². The van der Waals surface area contributed by atoms with Gasteiger partial charge in [0.2, 0.25) is 0 Å². The number of nitrogens with zero attached hydrogens (tertiary/aromatic N) is 2. The van der Waals surface area contributed by atoms with Gasteiger partial charge in [-0.2, -0.15) is 0 Å². The molecule has 0 spiro atoms. The summed E-state index contributed by atoms with van der Waals surface area (Å²) in [7, 11) is 0. The molecule has 0 saturated heterocycles. The first-order chi connectivity index (χ1) is 10.5. The smallest absolute Gasteiger partial charge is 0.194 e. The molecular formula is C18H23N3S. The van der Waals surface area contributed by atoms with Gasteiger partial charge in [0.25, 0.3) is 0 Å². The van der Waals surface area contributed by atoms with Crippen molar-refractivity contribution < 1.29 is 0 Å². The number of nitrogens with two attached hydrogens (primary N) is 1. The molecule has 0 atom stereocenters. The summed E-state index contributed by atoms with van der Waals surface area (Å²) in [5.41, 5.74) is 13.4. The molecule has 0 unspecified atom stereocenters. The molecule has 3 rings (SSSR count). The SMILES string of the molecule is Cc1ccc(-c2csc3nc(C(C)C)c(CCN)n23)c(C)c1. The van der Waals surface area contributed by atoms with Crippen molar-refractivity contribution in [2.24, 2.45) is 5.73 Å². The average molecular weight is 313 g/mol. The van der Waals surface area contributed by atoms with Crippen LogP contribution in [0.15, 0.2) is 23.6 Å². The molecule has 22 heavy (non-hydrogen) atoms. The Morgan fingerprint density at radius 2 is 2.05 bits per heavy atom. The Morgan fingerprint density at radius 3 is 2.68 bits per heavy atom. The standard InChI is InChI=1S/C18H23N3S/c1-11(2)17-15(7-8-19)21-16(10-22-18(21)20-17)14-6-5-12(3)9-13(14)4/h5-6,9-11H,7-8,19H2,1-4H3. The van der Waals surface area contributed by atoms with Crippen LogP contribution in [0.1, 0.15) is 42.3 Å². The molecule has 0 saturated carbocycles. The molecule has 1 aromatic carbocycles. The van der Waals surface area contributed by atoms with E-state index in [9.17, 15) is 0 Å². The Kier molecular flexibility index (Phi) is 4.06. The third kappa shape index (κ3) is 2.46. The number of hydrogen-bond donors (Lipinski definition) is 1. The molecule has 2 N–H and O–H groups in total. The monoisotopic (exact) mass is 313 g/mol. The van der Waals surface area contributed by atoms with Gasteiger partial charge in [-0.05, 0) is 31.9 Å². The van der Waals surface area contributed by atoms with Gasteiger partial charge >= 0.3 is 0 Å². The molecule has 0 amide bonds. The van der Waals surface area contributed by atoms with Crippen molar-refractivity contribution in [1.29, 1.82) is 0 Å². The highest BCUT2D eigenvalue weighted by Crippen LogP contribution is 2.33. The van der Waals surface area contributed by atoms with Crippen LogP contribution in [0.3, 0.4) is 0 Å². The van der Waals surface area contributed by atoms with E-state index >= 15 is 0 Å². The van der Waals surface area contributed by atoms with Crippen molar-refractivity contribution in [3.63, 3.8) is 0 Å². The van der Waals surface area contributed by atoms with Crippen LogP contribution in [0.5, 0.6) is 0 Å². The number of fused-ring (bicyclic) bond motifs is 1. The first kappa shape index (κ1) is 15.3. The molecule has 3 nitrogen and oxygen atoms in total. The van der Waals surface area contributed by atoms with Crippen LogP contribution in [0.2, 0.25) is 0 Å². The van der Waals surface area contributed by atoms with E-state index < -0.39 is 0 Å². The molecule has 0 bridgehead atoms. The van der Waals surface area contributed by atoms with Crippen molar-refractivity contribution in [3.8, 4) is 11.3 Å². The van der Waals surface area contributed by atoms with Gasteiger partial charge < -0.3 is 5.73 Å². The maximum absolute atomic E-state index is 5.85. The van der Waals surface area contributed by atoms with Crippen LogP contribution in [0.25, 0.3) is 16.2 Å². The fraction of sp³-hybridized carbons (Fsp3) is 0.389. The van der Waals surface area contributed by atoms with Gasteiger partial charge in [0, 0.05) is 23.1 Å². The van der Waals surface area contributed by atoms with E-state index in [1.54, 1.807) is 11.3 Å². The fourth-order valence-electron chi connectivity index (χ4n) is 3.06. The summed E-state index contributed by atoms with van der Waals surface area (Å²) in [6.07, 6.45) is 0.864. The second-order valence-electron chi connectivity index (χ2n) is 6.19. The number of aromatic nitrogens is 2. The second kappa shape index (κ2) is 5.86. The lowest BCUT2D eigenvalue weighted by Crippen LogP contribution is -2.08. The Bertz CT molecular complexity index is 811. The van der Waals surface area contributed by atoms with Gasteiger partial charge in [0.05, 0.1) is 11.4 Å². The third-order valence-electron chi connectivity index (χ3n) is 4.08. The molecule has 0 aliphatic carbocycles. The number of thiazole rings is 1. The van der Waals surface area contributed by atoms with Crippen molar-refractivity contribution in [3.05, 3.63) is 46.1 Å². The van der Waals surface area contributed by atoms with E-state index in [1.165, 1.54) is 33.8 Å². The quantitative estimate of drug-likeness (QED) is 0.780. The minimum absolute atomic E-state index is 0.417. The molecule has 3 aromatic rings. The minimum atomic E-state index is 0.417. The highest BCUT2D eigenvalue weighted by atomic mass is 32.1. The number of imidazole rings is 1. The Morgan fingerprint density at radius 1 is 1.27 bits per heavy atom. The topological polar surface area (TPSA) is 43.3 Å². The van der Waals surface area contributed by atoms with Crippen LogP contribution in [0, 0.1) is 13.8 Å². The van der Waals surface area contributed by atoms with Crippen molar-refractivity contribution in [1.82, 2.24) is 9.38 Å². The van der Waals surface area contributed by atoms with Gasteiger partial charge in [-0.1, -0.05) is 37.6 Å². The summed E-state index contributed by atoms with van der Waals surface area (Å²) in [5, 5.41) is 2.21. The summed E-state index contributed by atoms with van der Waals surface area (Å²) >= 11 is 1.71. The van der Waals surface area contributed by atoms with E-state index in [0.29, 0.717) is 12.5 Å². The third-order valence-corrected chi connectivity index (χ3v) is 4.90. The van der Waals surface area contributed by atoms with Crippen molar-refractivity contribution in [2.75, 3.05) is 6.54 Å². The summed E-state index contributed by atoms with van der Waals surface area (Å²) in [6.45, 7) is 9.35. The molecule has 0 radical (unpaired) electrons. The predicted octanol–water partition coefficient (Wildman–Crippen LogP) is 4.30. The maximum Gasteiger partial charge on any atom is 0.194 e. The highest BCUT2D eigenvalue weighted by Gasteiger charge is 2.19. The number of benzene rings is 1. The summed E-state index contributed by atoms with van der Waals surface area (Å²) < 4.78 is 2.31. The lowest BCUT2D eigenvalue weighted by atomic mass is 10.0. The molecule has 2 aromatic heterocycles. The fourth-order valence-corrected chi connectivity index (χ4v) is 3.97. The second-order valence-corrected chi connectivity index (χ2v) is 7.03. The molecule has 4 heteroatoms. The maximum atomic E-state index is 5.85. The molecule has 2 heterocycles. The van der Waals surface area contributed by atoms with Crippen LogP contribution in [-0.4, -0.2) is 15.9 Å². The molecule has 0 fully saturated rings. The summed E-state index contributed by atoms with van der Waals surface area (Å²) in [6, 6.07) is 6.63. The molecular weight excluding hydrogens is 290 g/mol. The van der Waals surface area contributed by atoms with E-state index in [4.69, 9.17) is 10.7 Å². The van der Waals surface area contributed by atoms with Crippen molar-refractivity contribution in [2.45, 2.75) is 40.0 Å². The van der Waals surface area contributed by atoms with Crippen LogP contribution >= 0.6 is 11.3 Å². The summed E-state index contributed by atoms with van der Waals surface area (Å²) in [5.74, 6) is 0.417.